The molecule has 1 aromatic heterocycles. The van der Waals surface area contributed by atoms with E-state index in [-0.39, 0.29) is 5.92 Å². The van der Waals surface area contributed by atoms with Gasteiger partial charge in [0.1, 0.15) is 0 Å². The molecule has 1 saturated heterocycles. The van der Waals surface area contributed by atoms with Crippen molar-refractivity contribution in [1.82, 2.24) is 9.88 Å². The predicted molar refractivity (Wildman–Crippen MR) is 96.8 cm³/mol. The first-order valence-corrected chi connectivity index (χ1v) is 9.10. The molecule has 1 amide bonds. The summed E-state index contributed by atoms with van der Waals surface area (Å²) in [6.45, 7) is 1.75. The molecule has 0 saturated carbocycles. The summed E-state index contributed by atoms with van der Waals surface area (Å²) in [4.78, 5) is 19.4. The molecule has 0 radical (unpaired) electrons. The van der Waals surface area contributed by atoms with Crippen LogP contribution in [0.3, 0.4) is 0 Å². The molecule has 1 atom stereocenters. The van der Waals surface area contributed by atoms with Crippen molar-refractivity contribution in [2.45, 2.75) is 38.0 Å². The summed E-state index contributed by atoms with van der Waals surface area (Å²) in [5.41, 5.74) is 1.18. The van der Waals surface area contributed by atoms with E-state index in [1.54, 1.807) is 0 Å². The van der Waals surface area contributed by atoms with Gasteiger partial charge in [-0.05, 0) is 43.6 Å². The minimum absolute atomic E-state index is 0.213. The monoisotopic (exact) mass is 320 g/mol. The molecular formula is C21H24N2O. The van der Waals surface area contributed by atoms with E-state index in [2.05, 4.69) is 46.3 Å². The lowest BCUT2D eigenvalue weighted by atomic mass is 9.89. The molecule has 1 aliphatic heterocycles. The Hall–Kier alpha value is -2.16. The highest BCUT2D eigenvalue weighted by Crippen LogP contribution is 2.30. The number of likely N-dealkylation sites (tertiary alicyclic amines) is 1. The minimum Gasteiger partial charge on any atom is -0.342 e. The fourth-order valence-corrected chi connectivity index (χ4v) is 4.00. The number of hydrogen-bond donors (Lipinski definition) is 0. The van der Waals surface area contributed by atoms with Gasteiger partial charge >= 0.3 is 0 Å². The van der Waals surface area contributed by atoms with Gasteiger partial charge in [0.05, 0.1) is 0 Å². The number of piperidine rings is 1. The molecule has 3 heteroatoms. The van der Waals surface area contributed by atoms with E-state index in [0.29, 0.717) is 11.8 Å². The first kappa shape index (κ1) is 15.4. The van der Waals surface area contributed by atoms with Crippen LogP contribution in [0.2, 0.25) is 0 Å². The van der Waals surface area contributed by atoms with E-state index in [9.17, 15) is 4.79 Å². The number of carbonyl (C=O) groups excluding carboxylic acids is 1. The van der Waals surface area contributed by atoms with Crippen LogP contribution in [0.25, 0.3) is 10.8 Å². The zero-order valence-electron chi connectivity index (χ0n) is 14.0. The lowest BCUT2D eigenvalue weighted by molar-refractivity contribution is -0.136. The maximum Gasteiger partial charge on any atom is 0.226 e. The summed E-state index contributed by atoms with van der Waals surface area (Å²) in [6.07, 6.45) is 11.4. The molecule has 0 N–H and O–H groups in total. The molecule has 1 unspecified atom stereocenters. The maximum absolute atomic E-state index is 12.6. The van der Waals surface area contributed by atoms with Crippen LogP contribution >= 0.6 is 0 Å². The van der Waals surface area contributed by atoms with Gasteiger partial charge in [0.15, 0.2) is 0 Å². The van der Waals surface area contributed by atoms with Crippen molar-refractivity contribution in [3.8, 4) is 0 Å². The van der Waals surface area contributed by atoms with Crippen LogP contribution in [0.4, 0.5) is 0 Å². The summed E-state index contributed by atoms with van der Waals surface area (Å²) in [5.74, 6) is 1.06. The molecule has 0 bridgehead atoms. The molecule has 0 spiro atoms. The molecule has 2 aromatic rings. The van der Waals surface area contributed by atoms with Gasteiger partial charge in [0.25, 0.3) is 0 Å². The van der Waals surface area contributed by atoms with Gasteiger partial charge < -0.3 is 4.90 Å². The zero-order valence-corrected chi connectivity index (χ0v) is 14.0. The summed E-state index contributed by atoms with van der Waals surface area (Å²) in [7, 11) is 0. The van der Waals surface area contributed by atoms with E-state index >= 15 is 0 Å². The van der Waals surface area contributed by atoms with E-state index in [4.69, 9.17) is 0 Å². The number of pyridine rings is 1. The fourth-order valence-electron chi connectivity index (χ4n) is 4.00. The van der Waals surface area contributed by atoms with E-state index in [1.807, 2.05) is 12.3 Å². The number of rotatable bonds is 2. The average molecular weight is 320 g/mol. The fraction of sp³-hybridized carbons (Fsp3) is 0.429. The lowest BCUT2D eigenvalue weighted by Crippen LogP contribution is -2.41. The minimum atomic E-state index is 0.213. The Morgan fingerprint density at radius 2 is 1.83 bits per heavy atom. The third kappa shape index (κ3) is 3.08. The normalized spacial score (nSPS) is 22.0. The lowest BCUT2D eigenvalue weighted by Gasteiger charge is -2.34. The Kier molecular flexibility index (Phi) is 4.33. The van der Waals surface area contributed by atoms with Gasteiger partial charge in [-0.1, -0.05) is 36.4 Å². The topological polar surface area (TPSA) is 33.2 Å². The highest BCUT2D eigenvalue weighted by Gasteiger charge is 2.29. The molecular weight excluding hydrogens is 296 g/mol. The van der Waals surface area contributed by atoms with Crippen LogP contribution < -0.4 is 0 Å². The van der Waals surface area contributed by atoms with Crippen molar-refractivity contribution in [1.29, 1.82) is 0 Å². The molecule has 4 rings (SSSR count). The van der Waals surface area contributed by atoms with Crippen molar-refractivity contribution in [3.05, 3.63) is 54.4 Å². The van der Waals surface area contributed by atoms with Crippen molar-refractivity contribution in [2.24, 2.45) is 5.92 Å². The number of fused-ring (bicyclic) bond motifs is 1. The Morgan fingerprint density at radius 1 is 1.04 bits per heavy atom. The predicted octanol–water partition coefficient (Wildman–Crippen LogP) is 4.30. The SMILES string of the molecule is O=C(C1CC=CCC1)N1CCC(c2cc3ccccc3cn2)CC1. The number of benzene rings is 1. The molecule has 2 aliphatic rings. The summed E-state index contributed by atoms with van der Waals surface area (Å²) >= 11 is 0. The zero-order chi connectivity index (χ0) is 16.4. The maximum atomic E-state index is 12.6. The first-order valence-electron chi connectivity index (χ1n) is 9.10. The molecule has 1 aliphatic carbocycles. The molecule has 1 aromatic carbocycles. The van der Waals surface area contributed by atoms with Crippen LogP contribution in [0, 0.1) is 5.92 Å². The van der Waals surface area contributed by atoms with Gasteiger partial charge in [-0.15, -0.1) is 0 Å². The molecule has 2 heterocycles. The van der Waals surface area contributed by atoms with Crippen LogP contribution in [-0.2, 0) is 4.79 Å². The van der Waals surface area contributed by atoms with Gasteiger partial charge in [0, 0.05) is 42.2 Å². The summed E-state index contributed by atoms with van der Waals surface area (Å²) in [6, 6.07) is 10.6. The molecule has 1 fully saturated rings. The van der Waals surface area contributed by atoms with Crippen LogP contribution in [0.1, 0.15) is 43.7 Å². The smallest absolute Gasteiger partial charge is 0.226 e. The number of nitrogens with zero attached hydrogens (tertiary/aromatic N) is 2. The third-order valence-electron chi connectivity index (χ3n) is 5.50. The molecule has 3 nitrogen and oxygen atoms in total. The van der Waals surface area contributed by atoms with E-state index in [0.717, 1.165) is 45.2 Å². The highest BCUT2D eigenvalue weighted by molar-refractivity contribution is 5.82. The summed E-state index contributed by atoms with van der Waals surface area (Å²) in [5, 5.41) is 2.45. The number of hydrogen-bond acceptors (Lipinski definition) is 2. The standard InChI is InChI=1S/C21H24N2O/c24-21(17-6-2-1-3-7-17)23-12-10-16(11-13-23)20-14-18-8-4-5-9-19(18)15-22-20/h1-2,4-5,8-9,14-17H,3,6-7,10-13H2. The second kappa shape index (κ2) is 6.76. The number of aromatic nitrogens is 1. The Morgan fingerprint density at radius 3 is 2.58 bits per heavy atom. The van der Waals surface area contributed by atoms with Crippen LogP contribution in [-0.4, -0.2) is 28.9 Å². The van der Waals surface area contributed by atoms with Crippen molar-refractivity contribution >= 4 is 16.7 Å². The Balaban J connectivity index is 1.41. The number of allylic oxidation sites excluding steroid dienone is 2. The van der Waals surface area contributed by atoms with Gasteiger partial charge in [-0.3, -0.25) is 9.78 Å². The quantitative estimate of drug-likeness (QED) is 0.773. The largest absolute Gasteiger partial charge is 0.342 e. The van der Waals surface area contributed by atoms with Crippen LogP contribution in [0.5, 0.6) is 0 Å². The van der Waals surface area contributed by atoms with Gasteiger partial charge in [0.2, 0.25) is 5.91 Å². The molecule has 124 valence electrons. The van der Waals surface area contributed by atoms with E-state index < -0.39 is 0 Å². The van der Waals surface area contributed by atoms with Crippen LogP contribution in [0.15, 0.2) is 48.7 Å². The van der Waals surface area contributed by atoms with Gasteiger partial charge in [-0.2, -0.15) is 0 Å². The molecule has 24 heavy (non-hydrogen) atoms. The highest BCUT2D eigenvalue weighted by atomic mass is 16.2. The number of amides is 1. The van der Waals surface area contributed by atoms with Gasteiger partial charge in [-0.25, -0.2) is 0 Å². The van der Waals surface area contributed by atoms with E-state index in [1.165, 1.54) is 16.5 Å². The second-order valence-corrected chi connectivity index (χ2v) is 7.04. The Labute approximate surface area is 143 Å². The average Bonchev–Trinajstić information content (AvgIpc) is 2.68. The third-order valence-corrected chi connectivity index (χ3v) is 5.50. The number of carbonyl (C=O) groups is 1. The van der Waals surface area contributed by atoms with Crippen molar-refractivity contribution in [2.75, 3.05) is 13.1 Å². The van der Waals surface area contributed by atoms with Crippen molar-refractivity contribution in [3.63, 3.8) is 0 Å². The first-order chi connectivity index (χ1) is 11.8. The van der Waals surface area contributed by atoms with Crippen molar-refractivity contribution < 1.29 is 4.79 Å². The summed E-state index contributed by atoms with van der Waals surface area (Å²) < 4.78 is 0. The Bertz CT molecular complexity index is 759. The second-order valence-electron chi connectivity index (χ2n) is 7.04.